The van der Waals surface area contributed by atoms with Gasteiger partial charge in [0.05, 0.1) is 0 Å². The van der Waals surface area contributed by atoms with Crippen molar-refractivity contribution < 1.29 is 9.13 Å². The van der Waals surface area contributed by atoms with Crippen LogP contribution >= 0.6 is 12.4 Å². The number of benzene rings is 1. The van der Waals surface area contributed by atoms with E-state index in [9.17, 15) is 4.39 Å². The number of nitrogens with two attached hydrogens (primary N) is 1. The van der Waals surface area contributed by atoms with Crippen molar-refractivity contribution >= 4 is 18.1 Å². The fourth-order valence-electron chi connectivity index (χ4n) is 0.972. The molecule has 0 aromatic heterocycles. The van der Waals surface area contributed by atoms with E-state index in [4.69, 9.17) is 10.5 Å². The van der Waals surface area contributed by atoms with E-state index < -0.39 is 5.82 Å². The van der Waals surface area contributed by atoms with Crippen LogP contribution in [0.25, 0.3) is 0 Å². The smallest absolute Gasteiger partial charge is 0.167 e. The molecule has 0 amide bonds. The second-order valence-electron chi connectivity index (χ2n) is 3.34. The molecule has 0 heterocycles. The van der Waals surface area contributed by atoms with E-state index in [1.54, 1.807) is 12.1 Å². The molecule has 0 bridgehead atoms. The van der Waals surface area contributed by atoms with E-state index in [-0.39, 0.29) is 18.2 Å². The monoisotopic (exact) mass is 234 g/mol. The highest BCUT2D eigenvalue weighted by Crippen LogP contribution is 2.18. The fraction of sp³-hybridized carbons (Fsp3) is 0.400. The molecule has 1 rings (SSSR count). The fourth-order valence-corrected chi connectivity index (χ4v) is 0.972. The van der Waals surface area contributed by atoms with Gasteiger partial charge in [0.1, 0.15) is 6.61 Å². The van der Waals surface area contributed by atoms with Crippen molar-refractivity contribution in [3.8, 4) is 5.75 Å². The Kier molecular flexibility index (Phi) is 6.05. The van der Waals surface area contributed by atoms with E-state index in [1.165, 1.54) is 6.07 Å². The van der Waals surface area contributed by atoms with Gasteiger partial charge in [-0.2, -0.15) is 0 Å². The van der Waals surface area contributed by atoms with Crippen molar-refractivity contribution in [2.45, 2.75) is 0 Å². The zero-order chi connectivity index (χ0) is 10.6. The van der Waals surface area contributed by atoms with Gasteiger partial charge in [0.15, 0.2) is 11.6 Å². The summed E-state index contributed by atoms with van der Waals surface area (Å²) in [6, 6.07) is 4.42. The molecular formula is C10H16ClFN2O. The molecule has 1 aromatic rings. The first-order valence-corrected chi connectivity index (χ1v) is 4.42. The Morgan fingerprint density at radius 2 is 2.07 bits per heavy atom. The third-order valence-electron chi connectivity index (χ3n) is 1.75. The summed E-state index contributed by atoms with van der Waals surface area (Å²) in [7, 11) is 3.87. The number of likely N-dealkylation sites (N-methyl/N-ethyl adjacent to an activating group) is 1. The molecule has 0 saturated heterocycles. The Labute approximate surface area is 95.4 Å². The maximum absolute atomic E-state index is 13.2. The Morgan fingerprint density at radius 1 is 1.40 bits per heavy atom. The van der Waals surface area contributed by atoms with Crippen molar-refractivity contribution in [1.82, 2.24) is 4.90 Å². The lowest BCUT2D eigenvalue weighted by molar-refractivity contribution is 0.252. The predicted octanol–water partition coefficient (Wildman–Crippen LogP) is 1.77. The summed E-state index contributed by atoms with van der Waals surface area (Å²) in [5.41, 5.74) is 5.81. The number of nitrogens with zero attached hydrogens (tertiary/aromatic N) is 1. The van der Waals surface area contributed by atoms with Gasteiger partial charge in [0.2, 0.25) is 0 Å². The molecule has 0 fully saturated rings. The third-order valence-corrected chi connectivity index (χ3v) is 1.75. The highest BCUT2D eigenvalue weighted by molar-refractivity contribution is 5.85. The maximum atomic E-state index is 13.2. The SMILES string of the molecule is CN(C)CCOc1ccc(N)cc1F.Cl. The van der Waals surface area contributed by atoms with Gasteiger partial charge in [0.25, 0.3) is 0 Å². The Morgan fingerprint density at radius 3 is 2.60 bits per heavy atom. The van der Waals surface area contributed by atoms with Crippen LogP contribution in [0, 0.1) is 5.82 Å². The van der Waals surface area contributed by atoms with Crippen LogP contribution in [0.5, 0.6) is 5.75 Å². The standard InChI is InChI=1S/C10H15FN2O.ClH/c1-13(2)5-6-14-10-4-3-8(12)7-9(10)11;/h3-4,7H,5-6,12H2,1-2H3;1H. The van der Waals surface area contributed by atoms with E-state index in [0.717, 1.165) is 6.54 Å². The van der Waals surface area contributed by atoms with Gasteiger partial charge < -0.3 is 15.4 Å². The van der Waals surface area contributed by atoms with Gasteiger partial charge >= 0.3 is 0 Å². The summed E-state index contributed by atoms with van der Waals surface area (Å²) in [6.45, 7) is 1.22. The van der Waals surface area contributed by atoms with Gasteiger partial charge in [-0.15, -0.1) is 12.4 Å². The molecule has 1 aromatic carbocycles. The lowest BCUT2D eigenvalue weighted by atomic mass is 10.3. The number of ether oxygens (including phenoxy) is 1. The molecule has 0 spiro atoms. The highest BCUT2D eigenvalue weighted by atomic mass is 35.5. The molecule has 0 unspecified atom stereocenters. The summed E-state index contributed by atoms with van der Waals surface area (Å²) in [6.07, 6.45) is 0. The lowest BCUT2D eigenvalue weighted by Crippen LogP contribution is -2.19. The van der Waals surface area contributed by atoms with Crippen LogP contribution in [0.1, 0.15) is 0 Å². The van der Waals surface area contributed by atoms with E-state index in [1.807, 2.05) is 19.0 Å². The van der Waals surface area contributed by atoms with Crippen LogP contribution in [0.3, 0.4) is 0 Å². The van der Waals surface area contributed by atoms with Gasteiger partial charge in [-0.05, 0) is 26.2 Å². The Balaban J connectivity index is 0.00000196. The van der Waals surface area contributed by atoms with Crippen LogP contribution in [0.15, 0.2) is 18.2 Å². The van der Waals surface area contributed by atoms with Gasteiger partial charge in [0, 0.05) is 18.3 Å². The minimum atomic E-state index is -0.413. The first kappa shape index (κ1) is 14.0. The molecule has 15 heavy (non-hydrogen) atoms. The Bertz CT molecular complexity index is 307. The summed E-state index contributed by atoms with van der Waals surface area (Å²) < 4.78 is 18.4. The number of anilines is 1. The normalized spacial score (nSPS) is 9.87. The zero-order valence-electron chi connectivity index (χ0n) is 8.87. The minimum absolute atomic E-state index is 0. The first-order chi connectivity index (χ1) is 6.59. The molecule has 3 nitrogen and oxygen atoms in total. The summed E-state index contributed by atoms with van der Waals surface area (Å²) in [5.74, 6) is -0.162. The number of hydrogen-bond donors (Lipinski definition) is 1. The average molecular weight is 235 g/mol. The molecule has 2 N–H and O–H groups in total. The van der Waals surface area contributed by atoms with Crippen molar-refractivity contribution in [3.05, 3.63) is 24.0 Å². The summed E-state index contributed by atoms with van der Waals surface area (Å²) >= 11 is 0. The number of hydrogen-bond acceptors (Lipinski definition) is 3. The molecule has 0 radical (unpaired) electrons. The van der Waals surface area contributed by atoms with Crippen LogP contribution in [0.4, 0.5) is 10.1 Å². The highest BCUT2D eigenvalue weighted by Gasteiger charge is 2.02. The quantitative estimate of drug-likeness (QED) is 0.807. The Hall–Kier alpha value is -1.000. The van der Waals surface area contributed by atoms with Crippen LogP contribution in [0.2, 0.25) is 0 Å². The number of rotatable bonds is 4. The summed E-state index contributed by atoms with van der Waals surface area (Å²) in [4.78, 5) is 1.97. The van der Waals surface area contributed by atoms with Crippen LogP contribution < -0.4 is 10.5 Å². The molecule has 86 valence electrons. The molecule has 5 heteroatoms. The predicted molar refractivity (Wildman–Crippen MR) is 62.1 cm³/mol. The topological polar surface area (TPSA) is 38.5 Å². The van der Waals surface area contributed by atoms with Crippen molar-refractivity contribution in [2.75, 3.05) is 33.0 Å². The average Bonchev–Trinajstić information content (AvgIpc) is 2.08. The molecule has 0 aliphatic heterocycles. The van der Waals surface area contributed by atoms with Gasteiger partial charge in [-0.25, -0.2) is 4.39 Å². The van der Waals surface area contributed by atoms with Crippen LogP contribution in [-0.4, -0.2) is 32.1 Å². The number of nitrogen functional groups attached to an aromatic ring is 1. The van der Waals surface area contributed by atoms with E-state index >= 15 is 0 Å². The van der Waals surface area contributed by atoms with E-state index in [0.29, 0.717) is 12.3 Å². The van der Waals surface area contributed by atoms with Gasteiger partial charge in [-0.3, -0.25) is 0 Å². The molecule has 0 atom stereocenters. The van der Waals surface area contributed by atoms with Crippen molar-refractivity contribution in [1.29, 1.82) is 0 Å². The molecule has 0 saturated carbocycles. The largest absolute Gasteiger partial charge is 0.489 e. The summed E-state index contributed by atoms with van der Waals surface area (Å²) in [5, 5.41) is 0. The maximum Gasteiger partial charge on any atom is 0.167 e. The first-order valence-electron chi connectivity index (χ1n) is 4.42. The minimum Gasteiger partial charge on any atom is -0.489 e. The van der Waals surface area contributed by atoms with Crippen LogP contribution in [-0.2, 0) is 0 Å². The molecule has 0 aliphatic rings. The van der Waals surface area contributed by atoms with E-state index in [2.05, 4.69) is 0 Å². The molecular weight excluding hydrogens is 219 g/mol. The number of halogens is 2. The van der Waals surface area contributed by atoms with Crippen molar-refractivity contribution in [3.63, 3.8) is 0 Å². The second kappa shape index (κ2) is 6.48. The second-order valence-corrected chi connectivity index (χ2v) is 3.34. The zero-order valence-corrected chi connectivity index (χ0v) is 9.68. The van der Waals surface area contributed by atoms with Crippen molar-refractivity contribution in [2.24, 2.45) is 0 Å². The third kappa shape index (κ3) is 4.85. The van der Waals surface area contributed by atoms with Gasteiger partial charge in [-0.1, -0.05) is 0 Å². The molecule has 0 aliphatic carbocycles. The lowest BCUT2D eigenvalue weighted by Gasteiger charge is -2.11.